The minimum atomic E-state index is -4.59. The van der Waals surface area contributed by atoms with Crippen LogP contribution in [0.3, 0.4) is 0 Å². The van der Waals surface area contributed by atoms with Crippen molar-refractivity contribution in [1.82, 2.24) is 20.4 Å². The van der Waals surface area contributed by atoms with Gasteiger partial charge in [-0.2, -0.15) is 13.2 Å². The lowest BCUT2D eigenvalue weighted by Crippen LogP contribution is -2.34. The molecule has 4 heterocycles. The molecular weight excluding hydrogens is 491 g/mol. The monoisotopic (exact) mass is 519 g/mol. The van der Waals surface area contributed by atoms with E-state index in [1.807, 2.05) is 24.4 Å². The summed E-state index contributed by atoms with van der Waals surface area (Å²) in [6.07, 6.45) is 2.18. The Morgan fingerprint density at radius 2 is 2.14 bits per heavy atom. The highest BCUT2D eigenvalue weighted by Crippen LogP contribution is 2.37. The number of hydrogen-bond donors (Lipinski definition) is 3. The van der Waals surface area contributed by atoms with Gasteiger partial charge in [-0.3, -0.25) is 5.32 Å². The molecule has 3 N–H and O–H groups in total. The highest BCUT2D eigenvalue weighted by atomic mass is 32.1. The van der Waals surface area contributed by atoms with Gasteiger partial charge in [0.2, 0.25) is 5.76 Å². The molecule has 0 aliphatic carbocycles. The van der Waals surface area contributed by atoms with Crippen LogP contribution >= 0.6 is 11.3 Å². The molecular formula is C25H28F3N5O2S. The molecule has 3 aromatic heterocycles. The molecule has 1 aliphatic heterocycles. The average molecular weight is 520 g/mol. The number of fused-ring (bicyclic) bond motifs is 2. The fourth-order valence-electron chi connectivity index (χ4n) is 4.71. The summed E-state index contributed by atoms with van der Waals surface area (Å²) in [7, 11) is 0. The number of nitrogens with zero attached hydrogens (tertiary/aromatic N) is 3. The van der Waals surface area contributed by atoms with Crippen LogP contribution in [0, 0.1) is 0 Å². The van der Waals surface area contributed by atoms with Crippen molar-refractivity contribution < 1.29 is 22.8 Å². The third-order valence-corrected chi connectivity index (χ3v) is 7.70. The topological polar surface area (TPSA) is 90.2 Å². The van der Waals surface area contributed by atoms with Crippen molar-refractivity contribution in [1.29, 1.82) is 0 Å². The SMILES string of the molecule is CCCCC(Cc1c[nH]c2ccccc12)NC(O)c1cnc(N2CCc3noc(C(F)(F)F)c3C2)s1. The quantitative estimate of drug-likeness (QED) is 0.250. The van der Waals surface area contributed by atoms with Gasteiger partial charge in [0, 0.05) is 47.9 Å². The number of nitrogens with one attached hydrogen (secondary N) is 2. The van der Waals surface area contributed by atoms with Gasteiger partial charge in [-0.1, -0.05) is 54.5 Å². The molecule has 0 spiro atoms. The lowest BCUT2D eigenvalue weighted by atomic mass is 10.0. The molecule has 0 bridgehead atoms. The first-order valence-electron chi connectivity index (χ1n) is 12.1. The van der Waals surface area contributed by atoms with E-state index in [-0.39, 0.29) is 18.2 Å². The Balaban J connectivity index is 1.28. The summed E-state index contributed by atoms with van der Waals surface area (Å²) in [5.74, 6) is -1.04. The second kappa shape index (κ2) is 10.2. The number of unbranched alkanes of at least 4 members (excludes halogenated alkanes) is 1. The van der Waals surface area contributed by atoms with Crippen molar-refractivity contribution >= 4 is 27.4 Å². The average Bonchev–Trinajstić information content (AvgIpc) is 3.60. The van der Waals surface area contributed by atoms with Crippen LogP contribution in [0.5, 0.6) is 0 Å². The van der Waals surface area contributed by atoms with E-state index in [1.54, 1.807) is 11.1 Å². The molecule has 1 aliphatic rings. The molecule has 2 atom stereocenters. The predicted molar refractivity (Wildman–Crippen MR) is 132 cm³/mol. The van der Waals surface area contributed by atoms with Gasteiger partial charge in [-0.25, -0.2) is 4.98 Å². The smallest absolute Gasteiger partial charge is 0.373 e. The van der Waals surface area contributed by atoms with Crippen LogP contribution in [0.4, 0.5) is 18.3 Å². The fraction of sp³-hybridized carbons (Fsp3) is 0.440. The number of benzene rings is 1. The van der Waals surface area contributed by atoms with E-state index < -0.39 is 18.2 Å². The number of aliphatic hydroxyl groups excluding tert-OH is 1. The fourth-order valence-corrected chi connectivity index (χ4v) is 5.60. The van der Waals surface area contributed by atoms with E-state index in [0.29, 0.717) is 28.7 Å². The van der Waals surface area contributed by atoms with Crippen LogP contribution in [0.1, 0.15) is 59.9 Å². The van der Waals surface area contributed by atoms with Gasteiger partial charge < -0.3 is 19.5 Å². The van der Waals surface area contributed by atoms with Gasteiger partial charge in [-0.15, -0.1) is 0 Å². The standard InChI is InChI=1S/C25H28F3N5O2S/c1-2-3-6-16(11-15-12-29-19-8-5-4-7-17(15)19)31-23(34)21-13-30-24(36-21)33-10-9-20-18(14-33)22(35-32-20)25(26,27)28/h4-5,7-8,12-13,16,23,29,31,34H,2-3,6,9-11,14H2,1H3. The summed E-state index contributed by atoms with van der Waals surface area (Å²) in [6.45, 7) is 2.63. The van der Waals surface area contributed by atoms with E-state index in [4.69, 9.17) is 0 Å². The van der Waals surface area contributed by atoms with Gasteiger partial charge in [0.1, 0.15) is 6.23 Å². The lowest BCUT2D eigenvalue weighted by molar-refractivity contribution is -0.156. The minimum Gasteiger partial charge on any atom is -0.373 e. The van der Waals surface area contributed by atoms with Crippen molar-refractivity contribution in [3.63, 3.8) is 0 Å². The third-order valence-electron chi connectivity index (χ3n) is 6.59. The number of alkyl halides is 3. The first kappa shape index (κ1) is 24.8. The molecule has 1 aromatic carbocycles. The summed E-state index contributed by atoms with van der Waals surface area (Å²) in [4.78, 5) is 10.1. The summed E-state index contributed by atoms with van der Waals surface area (Å²) < 4.78 is 44.4. The number of halogens is 3. The van der Waals surface area contributed by atoms with Crippen molar-refractivity contribution in [2.45, 2.75) is 64.0 Å². The van der Waals surface area contributed by atoms with Crippen LogP contribution in [0.2, 0.25) is 0 Å². The van der Waals surface area contributed by atoms with Crippen LogP contribution in [0.25, 0.3) is 10.9 Å². The predicted octanol–water partition coefficient (Wildman–Crippen LogP) is 5.58. The third kappa shape index (κ3) is 5.14. The number of H-pyrrole nitrogens is 1. The molecule has 192 valence electrons. The van der Waals surface area contributed by atoms with Crippen molar-refractivity contribution in [3.05, 3.63) is 64.1 Å². The van der Waals surface area contributed by atoms with Gasteiger partial charge in [0.05, 0.1) is 17.1 Å². The largest absolute Gasteiger partial charge is 0.452 e. The zero-order valence-corrected chi connectivity index (χ0v) is 20.6. The molecule has 11 heteroatoms. The van der Waals surface area contributed by atoms with E-state index in [2.05, 4.69) is 38.0 Å². The first-order chi connectivity index (χ1) is 17.3. The van der Waals surface area contributed by atoms with Gasteiger partial charge in [0.25, 0.3) is 0 Å². The zero-order valence-electron chi connectivity index (χ0n) is 19.8. The number of aromatic amines is 1. The van der Waals surface area contributed by atoms with E-state index in [1.165, 1.54) is 22.3 Å². The second-order valence-electron chi connectivity index (χ2n) is 9.12. The van der Waals surface area contributed by atoms with E-state index in [0.717, 1.165) is 31.2 Å². The van der Waals surface area contributed by atoms with Crippen LogP contribution in [-0.4, -0.2) is 32.8 Å². The number of anilines is 1. The summed E-state index contributed by atoms with van der Waals surface area (Å²) in [6, 6.07) is 8.20. The first-order valence-corrected chi connectivity index (χ1v) is 12.9. The highest BCUT2D eigenvalue weighted by Gasteiger charge is 2.41. The lowest BCUT2D eigenvalue weighted by Gasteiger charge is -2.26. The normalized spacial score (nSPS) is 15.9. The van der Waals surface area contributed by atoms with Gasteiger partial charge in [-0.05, 0) is 24.5 Å². The molecule has 0 fully saturated rings. The molecule has 36 heavy (non-hydrogen) atoms. The Kier molecular flexibility index (Phi) is 7.05. The number of thiazole rings is 1. The summed E-state index contributed by atoms with van der Waals surface area (Å²) in [5, 5.41) is 19.7. The zero-order chi connectivity index (χ0) is 25.3. The molecule has 0 radical (unpaired) electrons. The van der Waals surface area contributed by atoms with E-state index >= 15 is 0 Å². The summed E-state index contributed by atoms with van der Waals surface area (Å²) in [5.41, 5.74) is 2.67. The maximum absolute atomic E-state index is 13.3. The molecule has 5 rings (SSSR count). The van der Waals surface area contributed by atoms with Crippen molar-refractivity contribution in [3.8, 4) is 0 Å². The molecule has 0 amide bonds. The van der Waals surface area contributed by atoms with Gasteiger partial charge >= 0.3 is 6.18 Å². The van der Waals surface area contributed by atoms with Crippen LogP contribution in [-0.2, 0) is 25.6 Å². The van der Waals surface area contributed by atoms with Gasteiger partial charge in [0.15, 0.2) is 5.13 Å². The maximum Gasteiger partial charge on any atom is 0.452 e. The highest BCUT2D eigenvalue weighted by molar-refractivity contribution is 7.15. The van der Waals surface area contributed by atoms with Crippen LogP contribution in [0.15, 0.2) is 41.2 Å². The maximum atomic E-state index is 13.3. The number of para-hydroxylation sites is 1. The number of aromatic nitrogens is 3. The Hall–Kier alpha value is -2.89. The Bertz CT molecular complexity index is 1310. The summed E-state index contributed by atoms with van der Waals surface area (Å²) >= 11 is 1.28. The van der Waals surface area contributed by atoms with Crippen molar-refractivity contribution in [2.75, 3.05) is 11.4 Å². The number of hydrogen-bond acceptors (Lipinski definition) is 7. The Labute approximate surface area is 210 Å². The van der Waals surface area contributed by atoms with Crippen LogP contribution < -0.4 is 10.2 Å². The molecule has 0 saturated carbocycles. The molecule has 4 aromatic rings. The minimum absolute atomic E-state index is 0.0177. The second-order valence-corrected chi connectivity index (χ2v) is 10.2. The number of aliphatic hydroxyl groups is 1. The Morgan fingerprint density at radius 3 is 2.94 bits per heavy atom. The Morgan fingerprint density at radius 1 is 1.31 bits per heavy atom. The van der Waals surface area contributed by atoms with Crippen molar-refractivity contribution in [2.24, 2.45) is 0 Å². The molecule has 0 saturated heterocycles. The molecule has 7 nitrogen and oxygen atoms in total. The molecule has 2 unspecified atom stereocenters. The van der Waals surface area contributed by atoms with E-state index in [9.17, 15) is 18.3 Å². The number of rotatable bonds is 9.